The monoisotopic (exact) mass is 246 g/mol. The summed E-state index contributed by atoms with van der Waals surface area (Å²) in [5.74, 6) is 0.154. The molecular weight excluding hydrogens is 224 g/mol. The van der Waals surface area contributed by atoms with Crippen LogP contribution in [0.1, 0.15) is 27.2 Å². The first-order chi connectivity index (χ1) is 7.84. The molecule has 4 N–H and O–H groups in total. The second-order valence-corrected chi connectivity index (χ2v) is 5.16. The first kappa shape index (κ1) is 14.2. The molecule has 1 heterocycles. The van der Waals surface area contributed by atoms with Crippen LogP contribution in [0.3, 0.4) is 0 Å². The molecule has 3 unspecified atom stereocenters. The van der Waals surface area contributed by atoms with Gasteiger partial charge in [0.05, 0.1) is 19.3 Å². The van der Waals surface area contributed by atoms with Gasteiger partial charge in [0.1, 0.15) is 11.8 Å². The normalized spacial score (nSPS) is 26.8. The minimum atomic E-state index is -0.768. The average Bonchev–Trinajstić information content (AvgIpc) is 2.62. The summed E-state index contributed by atoms with van der Waals surface area (Å²) in [6, 6.07) is -0.0115. The number of carbonyl (C=O) groups excluding carboxylic acids is 1. The molecule has 1 aliphatic heterocycles. The zero-order chi connectivity index (χ0) is 13.1. The first-order valence-electron chi connectivity index (χ1n) is 5.81. The number of nitrogens with one attached hydrogen (secondary N) is 1. The van der Waals surface area contributed by atoms with Crippen molar-refractivity contribution in [2.75, 3.05) is 13.2 Å². The Bertz CT molecular complexity index is 270. The highest BCUT2D eigenvalue weighted by atomic mass is 16.6. The zero-order valence-corrected chi connectivity index (χ0v) is 10.6. The van der Waals surface area contributed by atoms with E-state index in [1.165, 1.54) is 0 Å². The van der Waals surface area contributed by atoms with E-state index < -0.39 is 11.7 Å². The van der Waals surface area contributed by atoms with Crippen LogP contribution in [0.4, 0.5) is 4.79 Å². The third-order valence-electron chi connectivity index (χ3n) is 2.80. The molecule has 6 nitrogen and oxygen atoms in total. The minimum Gasteiger partial charge on any atom is -0.444 e. The summed E-state index contributed by atoms with van der Waals surface area (Å²) in [6.07, 6.45) is -0.259. The number of aliphatic hydroxyl groups is 1. The Labute approximate surface area is 101 Å². The number of aliphatic hydroxyl groups excluding tert-OH is 1. The van der Waals surface area contributed by atoms with Crippen molar-refractivity contribution in [3.8, 4) is 0 Å². The van der Waals surface area contributed by atoms with Crippen LogP contribution in [0.25, 0.3) is 0 Å². The summed E-state index contributed by atoms with van der Waals surface area (Å²) < 4.78 is 10.6. The third kappa shape index (κ3) is 4.49. The molecule has 1 fully saturated rings. The van der Waals surface area contributed by atoms with Gasteiger partial charge in [-0.1, -0.05) is 6.92 Å². The van der Waals surface area contributed by atoms with Crippen LogP contribution in [0, 0.1) is 5.92 Å². The second-order valence-electron chi connectivity index (χ2n) is 5.16. The van der Waals surface area contributed by atoms with Gasteiger partial charge < -0.3 is 20.3 Å². The Balaban J connectivity index is 2.43. The molecule has 1 aliphatic rings. The smallest absolute Gasteiger partial charge is 0.405 e. The summed E-state index contributed by atoms with van der Waals surface area (Å²) in [6.45, 7) is 6.19. The highest BCUT2D eigenvalue weighted by Gasteiger charge is 2.33. The predicted octanol–water partition coefficient (Wildman–Crippen LogP) is 0.193. The Morgan fingerprint density at radius 1 is 1.71 bits per heavy atom. The third-order valence-corrected chi connectivity index (χ3v) is 2.80. The van der Waals surface area contributed by atoms with E-state index >= 15 is 0 Å². The lowest BCUT2D eigenvalue weighted by atomic mass is 9.93. The number of rotatable bonds is 5. The molecule has 6 heteroatoms. The van der Waals surface area contributed by atoms with E-state index in [2.05, 4.69) is 5.32 Å². The number of carbonyl (C=O) groups is 1. The van der Waals surface area contributed by atoms with Crippen LogP contribution in [-0.4, -0.2) is 42.3 Å². The first-order valence-corrected chi connectivity index (χ1v) is 5.81. The molecule has 0 spiro atoms. The summed E-state index contributed by atoms with van der Waals surface area (Å²) >= 11 is 0. The second kappa shape index (κ2) is 5.66. The highest BCUT2D eigenvalue weighted by Crippen LogP contribution is 2.25. The van der Waals surface area contributed by atoms with E-state index in [9.17, 15) is 4.79 Å². The van der Waals surface area contributed by atoms with Crippen LogP contribution in [0.5, 0.6) is 0 Å². The molecule has 100 valence electrons. The van der Waals surface area contributed by atoms with E-state index in [4.69, 9.17) is 20.3 Å². The maximum atomic E-state index is 10.7. The van der Waals surface area contributed by atoms with Gasteiger partial charge in [0.15, 0.2) is 0 Å². The number of primary amides is 1. The summed E-state index contributed by atoms with van der Waals surface area (Å²) in [4.78, 5) is 10.7. The van der Waals surface area contributed by atoms with E-state index in [1.807, 2.05) is 20.8 Å². The predicted molar refractivity (Wildman–Crippen MR) is 62.3 cm³/mol. The molecule has 17 heavy (non-hydrogen) atoms. The lowest BCUT2D eigenvalue weighted by molar-refractivity contribution is -0.00818. The van der Waals surface area contributed by atoms with Crippen molar-refractivity contribution in [2.24, 2.45) is 11.7 Å². The molecule has 0 aromatic carbocycles. The van der Waals surface area contributed by atoms with Gasteiger partial charge in [-0.3, -0.25) is 5.32 Å². The maximum absolute atomic E-state index is 10.7. The zero-order valence-electron chi connectivity index (χ0n) is 10.6. The van der Waals surface area contributed by atoms with Gasteiger partial charge in [-0.05, 0) is 26.2 Å². The van der Waals surface area contributed by atoms with Crippen molar-refractivity contribution < 1.29 is 19.4 Å². The van der Waals surface area contributed by atoms with Crippen molar-refractivity contribution in [3.63, 3.8) is 0 Å². The molecule has 1 saturated heterocycles. The van der Waals surface area contributed by atoms with Crippen LogP contribution in [0.2, 0.25) is 0 Å². The van der Waals surface area contributed by atoms with Crippen molar-refractivity contribution in [1.29, 1.82) is 0 Å². The van der Waals surface area contributed by atoms with Crippen LogP contribution < -0.4 is 11.1 Å². The van der Waals surface area contributed by atoms with Gasteiger partial charge in [-0.2, -0.15) is 0 Å². The molecule has 0 aromatic rings. The van der Waals surface area contributed by atoms with Crippen molar-refractivity contribution in [3.05, 3.63) is 0 Å². The van der Waals surface area contributed by atoms with Gasteiger partial charge in [0.2, 0.25) is 0 Å². The fraction of sp³-hybridized carbons (Fsp3) is 0.909. The Morgan fingerprint density at radius 2 is 2.35 bits per heavy atom. The fourth-order valence-electron chi connectivity index (χ4n) is 2.18. The Hall–Kier alpha value is -0.850. The van der Waals surface area contributed by atoms with Gasteiger partial charge in [-0.25, -0.2) is 4.79 Å². The van der Waals surface area contributed by atoms with Gasteiger partial charge >= 0.3 is 6.09 Å². The fourth-order valence-corrected chi connectivity index (χ4v) is 2.18. The lowest BCUT2D eigenvalue weighted by Gasteiger charge is -2.29. The minimum absolute atomic E-state index is 0.0115. The molecule has 0 bridgehead atoms. The van der Waals surface area contributed by atoms with E-state index in [-0.39, 0.29) is 24.8 Å². The van der Waals surface area contributed by atoms with Gasteiger partial charge in [0.25, 0.3) is 0 Å². The quantitative estimate of drug-likeness (QED) is 0.644. The Morgan fingerprint density at radius 3 is 2.82 bits per heavy atom. The van der Waals surface area contributed by atoms with Crippen LogP contribution >= 0.6 is 0 Å². The standard InChI is InChI=1S/C11H22N2O4/c1-7(4-11(2,3)17-10(12)15)9-13-8(5-14)6-16-9/h7-9,13-14H,4-6H2,1-3H3,(H2,12,15). The van der Waals surface area contributed by atoms with Crippen molar-refractivity contribution >= 4 is 6.09 Å². The molecular formula is C11H22N2O4. The molecule has 3 atom stereocenters. The maximum Gasteiger partial charge on any atom is 0.405 e. The lowest BCUT2D eigenvalue weighted by Crippen LogP contribution is -2.41. The van der Waals surface area contributed by atoms with E-state index in [0.29, 0.717) is 13.0 Å². The number of nitrogens with two attached hydrogens (primary N) is 1. The molecule has 0 aromatic heterocycles. The molecule has 0 radical (unpaired) electrons. The van der Waals surface area contributed by atoms with E-state index in [0.717, 1.165) is 0 Å². The topological polar surface area (TPSA) is 93.8 Å². The highest BCUT2D eigenvalue weighted by molar-refractivity contribution is 5.65. The van der Waals surface area contributed by atoms with Crippen molar-refractivity contribution in [1.82, 2.24) is 5.32 Å². The molecule has 0 aliphatic carbocycles. The Kier molecular flexibility index (Phi) is 4.73. The van der Waals surface area contributed by atoms with Crippen molar-refractivity contribution in [2.45, 2.75) is 45.1 Å². The van der Waals surface area contributed by atoms with E-state index in [1.54, 1.807) is 0 Å². The van der Waals surface area contributed by atoms with Crippen LogP contribution in [-0.2, 0) is 9.47 Å². The van der Waals surface area contributed by atoms with Crippen LogP contribution in [0.15, 0.2) is 0 Å². The van der Waals surface area contributed by atoms with Gasteiger partial charge in [0, 0.05) is 0 Å². The molecule has 1 amide bonds. The van der Waals surface area contributed by atoms with Gasteiger partial charge in [-0.15, -0.1) is 0 Å². The number of hydrogen-bond donors (Lipinski definition) is 3. The SMILES string of the molecule is CC(CC(C)(C)OC(N)=O)C1NC(CO)CO1. The number of amides is 1. The molecule has 0 saturated carbocycles. The number of hydrogen-bond acceptors (Lipinski definition) is 5. The number of ether oxygens (including phenoxy) is 2. The summed E-state index contributed by atoms with van der Waals surface area (Å²) in [5, 5.41) is 12.2. The average molecular weight is 246 g/mol. The largest absolute Gasteiger partial charge is 0.444 e. The summed E-state index contributed by atoms with van der Waals surface area (Å²) in [5.41, 5.74) is 4.39. The molecule has 1 rings (SSSR count). The summed E-state index contributed by atoms with van der Waals surface area (Å²) in [7, 11) is 0.